The van der Waals surface area contributed by atoms with E-state index in [1.807, 2.05) is 4.90 Å². The van der Waals surface area contributed by atoms with Gasteiger partial charge in [0.15, 0.2) is 5.78 Å². The highest BCUT2D eigenvalue weighted by molar-refractivity contribution is 6.00. The summed E-state index contributed by atoms with van der Waals surface area (Å²) in [6.45, 7) is 5.93. The third kappa shape index (κ3) is 5.88. The van der Waals surface area contributed by atoms with Gasteiger partial charge in [-0.3, -0.25) is 4.79 Å². The van der Waals surface area contributed by atoms with Crippen molar-refractivity contribution in [3.63, 3.8) is 0 Å². The van der Waals surface area contributed by atoms with Crippen molar-refractivity contribution in [2.24, 2.45) is 17.8 Å². The summed E-state index contributed by atoms with van der Waals surface area (Å²) in [4.78, 5) is 25.0. The van der Waals surface area contributed by atoms with Crippen LogP contribution in [0.15, 0.2) is 24.3 Å². The Morgan fingerprint density at radius 1 is 1.08 bits per heavy atom. The van der Waals surface area contributed by atoms with Gasteiger partial charge >= 0.3 is 12.1 Å². The van der Waals surface area contributed by atoms with Crippen LogP contribution in [0.5, 0.6) is 0 Å². The number of fused-ring (bicyclic) bond motifs is 1. The molecule has 2 atom stereocenters. The molecule has 0 radical (unpaired) electrons. The van der Waals surface area contributed by atoms with Gasteiger partial charge in [-0.15, -0.1) is 0 Å². The molecule has 2 heterocycles. The number of carbonyl (C=O) groups excluding carboxylic acids is 1. The Labute approximate surface area is 224 Å². The molecule has 2 unspecified atom stereocenters. The van der Waals surface area contributed by atoms with Crippen molar-refractivity contribution in [3.05, 3.63) is 41.1 Å². The van der Waals surface area contributed by atoms with Crippen LogP contribution in [-0.4, -0.2) is 47.7 Å². The average molecular weight is 553 g/mol. The largest absolute Gasteiger partial charge is 0.458 e. The molecular formula is C28H33F5N4O2. The zero-order chi connectivity index (χ0) is 27.9. The van der Waals surface area contributed by atoms with Crippen LogP contribution in [0.2, 0.25) is 0 Å². The molecule has 39 heavy (non-hydrogen) atoms. The van der Waals surface area contributed by atoms with Crippen LogP contribution in [0.25, 0.3) is 0 Å². The number of halogens is 5. The topological polar surface area (TPSA) is 67.3 Å². The van der Waals surface area contributed by atoms with E-state index in [0.29, 0.717) is 67.4 Å². The lowest BCUT2D eigenvalue weighted by atomic mass is 9.82. The van der Waals surface area contributed by atoms with Crippen molar-refractivity contribution in [2.45, 2.75) is 70.6 Å². The van der Waals surface area contributed by atoms with Crippen LogP contribution in [0, 0.1) is 17.8 Å². The number of rotatable bonds is 8. The Bertz CT molecular complexity index is 1200. The average Bonchev–Trinajstić information content (AvgIpc) is 3.74. The van der Waals surface area contributed by atoms with Gasteiger partial charge in [0.2, 0.25) is 5.95 Å². The number of nitrogens with zero attached hydrogens (tertiary/aromatic N) is 3. The number of carbonyl (C=O) groups is 1. The number of hydrogen-bond acceptors (Lipinski definition) is 6. The summed E-state index contributed by atoms with van der Waals surface area (Å²) in [7, 11) is 0. The minimum Gasteiger partial charge on any atom is -0.374 e. The van der Waals surface area contributed by atoms with Gasteiger partial charge < -0.3 is 15.0 Å². The quantitative estimate of drug-likeness (QED) is 0.369. The summed E-state index contributed by atoms with van der Waals surface area (Å²) in [5, 5.41) is 3.07. The molecule has 0 spiro atoms. The second-order valence-electron chi connectivity index (χ2n) is 11.2. The molecule has 2 aliphatic carbocycles. The van der Waals surface area contributed by atoms with Gasteiger partial charge in [0.25, 0.3) is 0 Å². The van der Waals surface area contributed by atoms with Crippen LogP contribution in [-0.2, 0) is 17.1 Å². The number of ketones is 1. The van der Waals surface area contributed by atoms with E-state index in [4.69, 9.17) is 14.7 Å². The van der Waals surface area contributed by atoms with E-state index in [1.165, 1.54) is 0 Å². The summed E-state index contributed by atoms with van der Waals surface area (Å²) >= 11 is 0. The van der Waals surface area contributed by atoms with E-state index in [9.17, 15) is 26.7 Å². The molecule has 1 aromatic carbocycles. The minimum atomic E-state index is -5.69. The number of aromatic nitrogens is 2. The Hall–Kier alpha value is -2.82. The lowest BCUT2D eigenvalue weighted by Gasteiger charge is -2.34. The van der Waals surface area contributed by atoms with Gasteiger partial charge in [-0.1, -0.05) is 32.4 Å². The van der Waals surface area contributed by atoms with Crippen LogP contribution >= 0.6 is 0 Å². The molecule has 1 aliphatic heterocycles. The van der Waals surface area contributed by atoms with Gasteiger partial charge in [0.1, 0.15) is 11.5 Å². The number of anilines is 3. The van der Waals surface area contributed by atoms with Crippen molar-refractivity contribution in [3.8, 4) is 0 Å². The maximum Gasteiger partial charge on any atom is 0.458 e. The SMILES string of the molecule is CC(C)CCC1CCc2c(Nc3ccc(C(F)(F)C(F)(F)F)cc3)nc(N3CCOC(C4CC4)C3)nc2C1=O. The number of nitrogens with one attached hydrogen (secondary N) is 1. The fourth-order valence-corrected chi connectivity index (χ4v) is 5.28. The minimum absolute atomic E-state index is 0.0317. The van der Waals surface area contributed by atoms with Crippen LogP contribution < -0.4 is 10.2 Å². The van der Waals surface area contributed by atoms with Crippen molar-refractivity contribution in [1.29, 1.82) is 0 Å². The van der Waals surface area contributed by atoms with Crippen molar-refractivity contribution in [2.75, 3.05) is 29.9 Å². The van der Waals surface area contributed by atoms with Crippen LogP contribution in [0.4, 0.5) is 39.4 Å². The highest BCUT2D eigenvalue weighted by Crippen LogP contribution is 2.44. The Morgan fingerprint density at radius 2 is 1.79 bits per heavy atom. The molecule has 3 aliphatic rings. The van der Waals surface area contributed by atoms with E-state index < -0.39 is 17.7 Å². The number of morpholine rings is 1. The molecule has 5 rings (SSSR count). The molecule has 1 saturated heterocycles. The second-order valence-corrected chi connectivity index (χ2v) is 11.2. The molecule has 212 valence electrons. The first-order chi connectivity index (χ1) is 18.4. The highest BCUT2D eigenvalue weighted by Gasteiger charge is 2.58. The maximum atomic E-state index is 13.8. The van der Waals surface area contributed by atoms with Gasteiger partial charge in [0, 0.05) is 35.8 Å². The molecule has 1 saturated carbocycles. The van der Waals surface area contributed by atoms with Gasteiger partial charge in [-0.25, -0.2) is 4.98 Å². The van der Waals surface area contributed by atoms with E-state index >= 15 is 0 Å². The summed E-state index contributed by atoms with van der Waals surface area (Å²) in [5.41, 5.74) is 0.141. The first-order valence-electron chi connectivity index (χ1n) is 13.6. The molecule has 0 amide bonds. The maximum absolute atomic E-state index is 13.8. The normalized spacial score (nSPS) is 22.3. The molecule has 1 aromatic heterocycles. The van der Waals surface area contributed by atoms with Gasteiger partial charge in [0.05, 0.1) is 12.7 Å². The summed E-state index contributed by atoms with van der Waals surface area (Å²) in [6.07, 6.45) is -0.466. The van der Waals surface area contributed by atoms with E-state index in [2.05, 4.69) is 19.2 Å². The van der Waals surface area contributed by atoms with Crippen LogP contribution in [0.1, 0.15) is 67.6 Å². The van der Waals surface area contributed by atoms with Gasteiger partial charge in [-0.2, -0.15) is 26.9 Å². The summed E-state index contributed by atoms with van der Waals surface area (Å²) < 4.78 is 71.9. The zero-order valence-electron chi connectivity index (χ0n) is 22.0. The molecule has 0 bridgehead atoms. The molecule has 2 fully saturated rings. The zero-order valence-corrected chi connectivity index (χ0v) is 22.0. The standard InChI is InChI=1S/C28H33F5N4O2/c1-16(2)3-4-18-7-12-21-23(24(18)38)35-26(37-13-14-39-22(15-37)17-5-6-17)36-25(21)34-20-10-8-19(9-11-20)27(29,30)28(31,32)33/h8-11,16-18,22H,3-7,12-15H2,1-2H3,(H,34,35,36). The number of alkyl halides is 5. The predicted molar refractivity (Wildman–Crippen MR) is 137 cm³/mol. The van der Waals surface area contributed by atoms with Crippen molar-refractivity contribution >= 4 is 23.2 Å². The summed E-state index contributed by atoms with van der Waals surface area (Å²) in [5.74, 6) is -3.38. The number of hydrogen-bond donors (Lipinski definition) is 1. The first kappa shape index (κ1) is 27.7. The summed E-state index contributed by atoms with van der Waals surface area (Å²) in [6, 6.07) is 3.83. The Balaban J connectivity index is 1.45. The smallest absolute Gasteiger partial charge is 0.374 e. The monoisotopic (exact) mass is 552 g/mol. The Morgan fingerprint density at radius 3 is 2.44 bits per heavy atom. The second kappa shape index (κ2) is 10.6. The lowest BCUT2D eigenvalue weighted by molar-refractivity contribution is -0.289. The fourth-order valence-electron chi connectivity index (χ4n) is 5.28. The first-order valence-corrected chi connectivity index (χ1v) is 13.6. The third-order valence-corrected chi connectivity index (χ3v) is 7.83. The van der Waals surface area contributed by atoms with Gasteiger partial charge in [-0.05, 0) is 56.1 Å². The molecule has 2 aromatic rings. The molecule has 11 heteroatoms. The van der Waals surface area contributed by atoms with Crippen LogP contribution in [0.3, 0.4) is 0 Å². The fraction of sp³-hybridized carbons (Fsp3) is 0.607. The number of ether oxygens (including phenoxy) is 1. The number of Topliss-reactive ketones (excluding diaryl/α,β-unsaturated/α-hetero) is 1. The highest BCUT2D eigenvalue weighted by atomic mass is 19.4. The molecular weight excluding hydrogens is 519 g/mol. The van der Waals surface area contributed by atoms with E-state index in [0.717, 1.165) is 49.9 Å². The van der Waals surface area contributed by atoms with E-state index in [-0.39, 0.29) is 23.5 Å². The predicted octanol–water partition coefficient (Wildman–Crippen LogP) is 6.67. The lowest BCUT2D eigenvalue weighted by Crippen LogP contribution is -2.44. The molecule has 1 N–H and O–H groups in total. The Kier molecular flexibility index (Phi) is 7.56. The molecule has 6 nitrogen and oxygen atoms in total. The van der Waals surface area contributed by atoms with Crippen molar-refractivity contribution < 1.29 is 31.5 Å². The third-order valence-electron chi connectivity index (χ3n) is 7.83. The van der Waals surface area contributed by atoms with E-state index in [1.54, 1.807) is 0 Å². The number of benzene rings is 1. The van der Waals surface area contributed by atoms with Crippen molar-refractivity contribution in [1.82, 2.24) is 9.97 Å².